The molecule has 2 aromatic heterocycles. The Morgan fingerprint density at radius 1 is 1.11 bits per heavy atom. The molecule has 1 fully saturated rings. The number of pyridine rings is 1. The average Bonchev–Trinajstić information content (AvgIpc) is 2.86. The smallest absolute Gasteiger partial charge is 0.263 e. The maximum atomic E-state index is 14.6. The normalized spacial score (nSPS) is 15.6. The molecule has 1 saturated heterocycles. The molecule has 0 radical (unpaired) electrons. The molecule has 0 unspecified atom stereocenters. The number of likely N-dealkylation sites (N-methyl/N-ethyl adjacent to an activating group) is 1. The van der Waals surface area contributed by atoms with Crippen LogP contribution in [0.5, 0.6) is 11.5 Å². The van der Waals surface area contributed by atoms with Gasteiger partial charge in [-0.05, 0) is 39.1 Å². The number of amides is 1. The molecular weight excluding hydrogens is 479 g/mol. The van der Waals surface area contributed by atoms with Crippen molar-refractivity contribution in [3.05, 3.63) is 42.3 Å². The Kier molecular flexibility index (Phi) is 6.91. The number of rotatable bonds is 7. The summed E-state index contributed by atoms with van der Waals surface area (Å²) in [7, 11) is 2.11. The summed E-state index contributed by atoms with van der Waals surface area (Å²) < 4.78 is 25.9. The van der Waals surface area contributed by atoms with Gasteiger partial charge >= 0.3 is 0 Å². The van der Waals surface area contributed by atoms with Crippen LogP contribution in [0.25, 0.3) is 0 Å². The minimum Gasteiger partial charge on any atom is -0.491 e. The van der Waals surface area contributed by atoms with Crippen LogP contribution in [0.3, 0.4) is 0 Å². The van der Waals surface area contributed by atoms with Gasteiger partial charge in [0.25, 0.3) is 5.91 Å². The molecule has 0 saturated carbocycles. The Hall–Kier alpha value is -4.19. The van der Waals surface area contributed by atoms with E-state index in [4.69, 9.17) is 9.47 Å². The molecule has 37 heavy (non-hydrogen) atoms. The highest BCUT2D eigenvalue weighted by atomic mass is 19.1. The summed E-state index contributed by atoms with van der Waals surface area (Å²) >= 11 is 0. The highest BCUT2D eigenvalue weighted by Crippen LogP contribution is 2.31. The van der Waals surface area contributed by atoms with Crippen LogP contribution >= 0.6 is 0 Å². The van der Waals surface area contributed by atoms with Gasteiger partial charge in [0.05, 0.1) is 12.3 Å². The number of nitrogens with zero attached hydrogens (tertiary/aromatic N) is 5. The Labute approximate surface area is 214 Å². The van der Waals surface area contributed by atoms with E-state index >= 15 is 0 Å². The van der Waals surface area contributed by atoms with Crippen molar-refractivity contribution < 1.29 is 18.7 Å². The maximum absolute atomic E-state index is 14.6. The predicted octanol–water partition coefficient (Wildman–Crippen LogP) is 3.37. The van der Waals surface area contributed by atoms with Crippen molar-refractivity contribution in [1.29, 1.82) is 0 Å². The number of anilines is 6. The highest BCUT2D eigenvalue weighted by Gasteiger charge is 2.19. The quantitative estimate of drug-likeness (QED) is 0.439. The van der Waals surface area contributed by atoms with Gasteiger partial charge in [-0.3, -0.25) is 4.79 Å². The molecule has 5 rings (SSSR count). The van der Waals surface area contributed by atoms with Crippen LogP contribution in [0.2, 0.25) is 0 Å². The van der Waals surface area contributed by atoms with Gasteiger partial charge in [0.2, 0.25) is 5.95 Å². The number of halogens is 1. The lowest BCUT2D eigenvalue weighted by Gasteiger charge is -2.34. The van der Waals surface area contributed by atoms with E-state index in [2.05, 4.69) is 47.7 Å². The first kappa shape index (κ1) is 24.5. The van der Waals surface area contributed by atoms with Crippen LogP contribution in [-0.4, -0.2) is 71.7 Å². The van der Waals surface area contributed by atoms with Gasteiger partial charge < -0.3 is 35.2 Å². The Bertz CT molecular complexity index is 1300. The molecule has 3 aromatic rings. The van der Waals surface area contributed by atoms with Gasteiger partial charge in [0.15, 0.2) is 29.8 Å². The Morgan fingerprint density at radius 2 is 1.92 bits per heavy atom. The van der Waals surface area contributed by atoms with Crippen molar-refractivity contribution >= 4 is 40.7 Å². The first-order valence-electron chi connectivity index (χ1n) is 12.1. The molecule has 1 amide bonds. The van der Waals surface area contributed by atoms with Crippen molar-refractivity contribution in [1.82, 2.24) is 19.9 Å². The summed E-state index contributed by atoms with van der Waals surface area (Å²) in [4.78, 5) is 28.9. The third-order valence-corrected chi connectivity index (χ3v) is 5.85. The topological polar surface area (TPSA) is 117 Å². The second-order valence-electron chi connectivity index (χ2n) is 9.19. The van der Waals surface area contributed by atoms with Crippen LogP contribution in [-0.2, 0) is 4.79 Å². The first-order chi connectivity index (χ1) is 17.8. The predicted molar refractivity (Wildman–Crippen MR) is 139 cm³/mol. The SMILES string of the molecule is CC(C)Oc1cc(Nc2ncc(F)c(Nc3ccc4c(n3)NC(=O)CO4)n2)cc(N2CCN(C)CC2)c1. The van der Waals surface area contributed by atoms with Crippen molar-refractivity contribution in [2.75, 3.05) is 60.7 Å². The fourth-order valence-corrected chi connectivity index (χ4v) is 4.04. The molecular formula is C25H29FN8O3. The molecule has 0 aliphatic carbocycles. The summed E-state index contributed by atoms with van der Waals surface area (Å²) in [6, 6.07) is 9.15. The number of fused-ring (bicyclic) bond motifs is 1. The fraction of sp³-hybridized carbons (Fsp3) is 0.360. The van der Waals surface area contributed by atoms with Crippen LogP contribution in [0.1, 0.15) is 13.8 Å². The summed E-state index contributed by atoms with van der Waals surface area (Å²) in [5.41, 5.74) is 1.74. The number of nitrogens with one attached hydrogen (secondary N) is 3. The van der Waals surface area contributed by atoms with Gasteiger partial charge in [-0.2, -0.15) is 4.98 Å². The highest BCUT2D eigenvalue weighted by molar-refractivity contribution is 5.94. The Morgan fingerprint density at radius 3 is 2.70 bits per heavy atom. The zero-order chi connectivity index (χ0) is 25.9. The van der Waals surface area contributed by atoms with Gasteiger partial charge in [0.1, 0.15) is 11.6 Å². The summed E-state index contributed by atoms with van der Waals surface area (Å²) in [5.74, 6) is 0.876. The van der Waals surface area contributed by atoms with E-state index < -0.39 is 5.82 Å². The molecule has 0 bridgehead atoms. The van der Waals surface area contributed by atoms with Gasteiger partial charge in [-0.15, -0.1) is 0 Å². The zero-order valence-corrected chi connectivity index (χ0v) is 20.9. The third kappa shape index (κ3) is 5.97. The lowest BCUT2D eigenvalue weighted by molar-refractivity contribution is -0.118. The second-order valence-corrected chi connectivity index (χ2v) is 9.19. The summed E-state index contributed by atoms with van der Waals surface area (Å²) in [6.45, 7) is 7.63. The molecule has 3 N–H and O–H groups in total. The van der Waals surface area contributed by atoms with Crippen LogP contribution in [0.4, 0.5) is 39.2 Å². The minimum absolute atomic E-state index is 0.00719. The fourth-order valence-electron chi connectivity index (χ4n) is 4.04. The van der Waals surface area contributed by atoms with Gasteiger partial charge in [-0.25, -0.2) is 14.4 Å². The number of hydrogen-bond donors (Lipinski definition) is 3. The number of hydrogen-bond acceptors (Lipinski definition) is 10. The largest absolute Gasteiger partial charge is 0.491 e. The van der Waals surface area contributed by atoms with Gasteiger partial charge in [-0.1, -0.05) is 0 Å². The molecule has 2 aliphatic heterocycles. The maximum Gasteiger partial charge on any atom is 0.263 e. The molecule has 2 aliphatic rings. The van der Waals surface area contributed by atoms with Crippen molar-refractivity contribution in [2.45, 2.75) is 20.0 Å². The lowest BCUT2D eigenvalue weighted by Crippen LogP contribution is -2.44. The van der Waals surface area contributed by atoms with Crippen molar-refractivity contribution in [3.63, 3.8) is 0 Å². The van der Waals surface area contributed by atoms with E-state index in [9.17, 15) is 9.18 Å². The summed E-state index contributed by atoms with van der Waals surface area (Å²) in [5, 5.41) is 8.64. The van der Waals surface area contributed by atoms with Crippen molar-refractivity contribution in [2.24, 2.45) is 0 Å². The molecule has 11 nitrogen and oxygen atoms in total. The summed E-state index contributed by atoms with van der Waals surface area (Å²) in [6.07, 6.45) is 1.09. The van der Waals surface area contributed by atoms with E-state index in [1.807, 2.05) is 32.0 Å². The standard InChI is InChI=1S/C25H29FN8O3/c1-15(2)37-18-11-16(10-17(12-18)34-8-6-33(3)7-9-34)28-25-27-13-19(26)23(32-25)29-21-5-4-20-24(30-21)31-22(35)14-36-20/h4-5,10-13,15H,6-9,14H2,1-3H3,(H3,27,28,29,30,31,32,35). The van der Waals surface area contributed by atoms with E-state index in [-0.39, 0.29) is 42.0 Å². The van der Waals surface area contributed by atoms with E-state index in [0.717, 1.165) is 49.5 Å². The van der Waals surface area contributed by atoms with Crippen molar-refractivity contribution in [3.8, 4) is 11.5 Å². The number of carbonyl (C=O) groups is 1. The number of benzene rings is 1. The molecule has 4 heterocycles. The average molecular weight is 509 g/mol. The van der Waals surface area contributed by atoms with Crippen LogP contribution in [0.15, 0.2) is 36.5 Å². The minimum atomic E-state index is -0.652. The molecule has 0 spiro atoms. The van der Waals surface area contributed by atoms with E-state index in [1.165, 1.54) is 0 Å². The number of ether oxygens (including phenoxy) is 2. The number of carbonyl (C=O) groups excluding carboxylic acids is 1. The van der Waals surface area contributed by atoms with Gasteiger partial charge in [0, 0.05) is 49.7 Å². The third-order valence-electron chi connectivity index (χ3n) is 5.85. The monoisotopic (exact) mass is 508 g/mol. The Balaban J connectivity index is 1.38. The second kappa shape index (κ2) is 10.4. The molecule has 0 atom stereocenters. The lowest BCUT2D eigenvalue weighted by atomic mass is 10.2. The number of piperazine rings is 1. The molecule has 12 heteroatoms. The van der Waals surface area contributed by atoms with E-state index in [0.29, 0.717) is 5.75 Å². The zero-order valence-electron chi connectivity index (χ0n) is 20.9. The molecule has 194 valence electrons. The molecule has 1 aromatic carbocycles. The van der Waals surface area contributed by atoms with Crippen LogP contribution in [0, 0.1) is 5.82 Å². The van der Waals surface area contributed by atoms with Crippen LogP contribution < -0.4 is 30.3 Å². The first-order valence-corrected chi connectivity index (χ1v) is 12.1. The number of aromatic nitrogens is 3. The van der Waals surface area contributed by atoms with E-state index in [1.54, 1.807) is 12.1 Å².